The SMILES string of the molecule is CC(C)NCc1ccc(Br)cc1N1CCN(C(C)C)CC1. The Morgan fingerprint density at radius 1 is 1.10 bits per heavy atom. The monoisotopic (exact) mass is 353 g/mol. The lowest BCUT2D eigenvalue weighted by molar-refractivity contribution is 0.209. The maximum Gasteiger partial charge on any atom is 0.0424 e. The quantitative estimate of drug-likeness (QED) is 0.874. The van der Waals surface area contributed by atoms with Crippen molar-refractivity contribution in [2.45, 2.75) is 46.3 Å². The summed E-state index contributed by atoms with van der Waals surface area (Å²) in [4.78, 5) is 5.08. The summed E-state index contributed by atoms with van der Waals surface area (Å²) in [5.41, 5.74) is 2.77. The third-order valence-electron chi connectivity index (χ3n) is 4.13. The molecule has 0 saturated carbocycles. The van der Waals surface area contributed by atoms with E-state index in [0.29, 0.717) is 12.1 Å². The largest absolute Gasteiger partial charge is 0.369 e. The average molecular weight is 354 g/mol. The van der Waals surface area contributed by atoms with E-state index in [0.717, 1.165) is 37.2 Å². The molecule has 0 unspecified atom stereocenters. The molecule has 21 heavy (non-hydrogen) atoms. The molecule has 0 atom stereocenters. The molecule has 0 amide bonds. The van der Waals surface area contributed by atoms with Crippen molar-refractivity contribution in [3.05, 3.63) is 28.2 Å². The zero-order valence-electron chi connectivity index (χ0n) is 13.7. The molecule has 0 aliphatic carbocycles. The predicted octanol–water partition coefficient (Wildman–Crippen LogP) is 3.48. The van der Waals surface area contributed by atoms with Crippen LogP contribution in [0.5, 0.6) is 0 Å². The van der Waals surface area contributed by atoms with Gasteiger partial charge in [0.1, 0.15) is 0 Å². The van der Waals surface area contributed by atoms with Gasteiger partial charge in [0.25, 0.3) is 0 Å². The van der Waals surface area contributed by atoms with Crippen LogP contribution in [-0.2, 0) is 6.54 Å². The van der Waals surface area contributed by atoms with Gasteiger partial charge in [-0.2, -0.15) is 0 Å². The third-order valence-corrected chi connectivity index (χ3v) is 4.63. The molecule has 1 N–H and O–H groups in total. The van der Waals surface area contributed by atoms with Crippen LogP contribution >= 0.6 is 15.9 Å². The van der Waals surface area contributed by atoms with Gasteiger partial charge in [-0.15, -0.1) is 0 Å². The van der Waals surface area contributed by atoms with Crippen LogP contribution in [0.1, 0.15) is 33.3 Å². The van der Waals surface area contributed by atoms with Crippen LogP contribution in [0.2, 0.25) is 0 Å². The third kappa shape index (κ3) is 4.70. The number of hydrogen-bond donors (Lipinski definition) is 1. The van der Waals surface area contributed by atoms with Crippen LogP contribution in [0, 0.1) is 0 Å². The number of piperazine rings is 1. The standard InChI is InChI=1S/C17H28BrN3/c1-13(2)19-12-15-5-6-16(18)11-17(15)21-9-7-20(8-10-21)14(3)4/h5-6,11,13-14,19H,7-10,12H2,1-4H3. The van der Waals surface area contributed by atoms with Crippen molar-refractivity contribution in [3.8, 4) is 0 Å². The molecule has 0 spiro atoms. The van der Waals surface area contributed by atoms with Gasteiger partial charge in [0.15, 0.2) is 0 Å². The first kappa shape index (κ1) is 16.8. The van der Waals surface area contributed by atoms with Crippen molar-refractivity contribution in [1.82, 2.24) is 10.2 Å². The van der Waals surface area contributed by atoms with Crippen molar-refractivity contribution in [3.63, 3.8) is 0 Å². The molecular formula is C17H28BrN3. The number of benzene rings is 1. The minimum absolute atomic E-state index is 0.513. The van der Waals surface area contributed by atoms with Gasteiger partial charge in [-0.05, 0) is 31.5 Å². The lowest BCUT2D eigenvalue weighted by Gasteiger charge is -2.39. The molecule has 1 aromatic carbocycles. The topological polar surface area (TPSA) is 18.5 Å². The van der Waals surface area contributed by atoms with Crippen LogP contribution in [-0.4, -0.2) is 43.2 Å². The highest BCUT2D eigenvalue weighted by Crippen LogP contribution is 2.26. The highest BCUT2D eigenvalue weighted by molar-refractivity contribution is 9.10. The summed E-state index contributed by atoms with van der Waals surface area (Å²) in [5.74, 6) is 0. The predicted molar refractivity (Wildman–Crippen MR) is 95.0 cm³/mol. The van der Waals surface area contributed by atoms with Crippen molar-refractivity contribution in [2.75, 3.05) is 31.1 Å². The average Bonchev–Trinajstić information content (AvgIpc) is 2.46. The normalized spacial score (nSPS) is 17.0. The zero-order valence-corrected chi connectivity index (χ0v) is 15.3. The zero-order chi connectivity index (χ0) is 15.4. The van der Waals surface area contributed by atoms with Crippen LogP contribution in [0.3, 0.4) is 0 Å². The minimum Gasteiger partial charge on any atom is -0.369 e. The highest BCUT2D eigenvalue weighted by Gasteiger charge is 2.20. The molecule has 0 aromatic heterocycles. The maximum atomic E-state index is 3.62. The fourth-order valence-electron chi connectivity index (χ4n) is 2.77. The summed E-state index contributed by atoms with van der Waals surface area (Å²) in [7, 11) is 0. The van der Waals surface area contributed by atoms with Gasteiger partial charge in [-0.3, -0.25) is 4.90 Å². The molecule has 1 aliphatic heterocycles. The first-order valence-electron chi connectivity index (χ1n) is 7.98. The first-order chi connectivity index (χ1) is 9.97. The molecule has 1 heterocycles. The molecule has 1 aliphatic rings. The number of nitrogens with one attached hydrogen (secondary N) is 1. The van der Waals surface area contributed by atoms with Crippen LogP contribution in [0.4, 0.5) is 5.69 Å². The lowest BCUT2D eigenvalue weighted by Crippen LogP contribution is -2.49. The maximum absolute atomic E-state index is 3.62. The number of nitrogens with zero attached hydrogens (tertiary/aromatic N) is 2. The van der Waals surface area contributed by atoms with E-state index in [4.69, 9.17) is 0 Å². The molecular weight excluding hydrogens is 326 g/mol. The van der Waals surface area contributed by atoms with Gasteiger partial charge >= 0.3 is 0 Å². The Kier molecular flexibility index (Phi) is 6.08. The Bertz CT molecular complexity index is 451. The molecule has 2 rings (SSSR count). The van der Waals surface area contributed by atoms with Gasteiger partial charge in [0, 0.05) is 55.0 Å². The highest BCUT2D eigenvalue weighted by atomic mass is 79.9. The summed E-state index contributed by atoms with van der Waals surface area (Å²) in [6.45, 7) is 14.4. The van der Waals surface area contributed by atoms with E-state index >= 15 is 0 Å². The van der Waals surface area contributed by atoms with Crippen molar-refractivity contribution < 1.29 is 0 Å². The first-order valence-corrected chi connectivity index (χ1v) is 8.77. The Morgan fingerprint density at radius 2 is 1.76 bits per heavy atom. The second-order valence-electron chi connectivity index (χ2n) is 6.43. The second-order valence-corrected chi connectivity index (χ2v) is 7.34. The summed E-state index contributed by atoms with van der Waals surface area (Å²) >= 11 is 3.62. The van der Waals surface area contributed by atoms with Gasteiger partial charge in [-0.25, -0.2) is 0 Å². The van der Waals surface area contributed by atoms with Crippen molar-refractivity contribution in [1.29, 1.82) is 0 Å². The van der Waals surface area contributed by atoms with Crippen LogP contribution < -0.4 is 10.2 Å². The smallest absolute Gasteiger partial charge is 0.0424 e. The van der Waals surface area contributed by atoms with Crippen LogP contribution in [0.15, 0.2) is 22.7 Å². The fraction of sp³-hybridized carbons (Fsp3) is 0.647. The lowest BCUT2D eigenvalue weighted by atomic mass is 10.1. The number of hydrogen-bond acceptors (Lipinski definition) is 3. The summed E-state index contributed by atoms with van der Waals surface area (Å²) in [6, 6.07) is 7.81. The Labute approximate surface area is 137 Å². The van der Waals surface area contributed by atoms with Crippen LogP contribution in [0.25, 0.3) is 0 Å². The van der Waals surface area contributed by atoms with Crippen molar-refractivity contribution >= 4 is 21.6 Å². The van der Waals surface area contributed by atoms with E-state index in [2.05, 4.69) is 76.9 Å². The number of halogens is 1. The molecule has 1 fully saturated rings. The fourth-order valence-corrected chi connectivity index (χ4v) is 3.12. The van der Waals surface area contributed by atoms with E-state index in [-0.39, 0.29) is 0 Å². The van der Waals surface area contributed by atoms with Gasteiger partial charge < -0.3 is 10.2 Å². The van der Waals surface area contributed by atoms with Gasteiger partial charge in [0.2, 0.25) is 0 Å². The molecule has 3 nitrogen and oxygen atoms in total. The molecule has 0 bridgehead atoms. The van der Waals surface area contributed by atoms with E-state index < -0.39 is 0 Å². The van der Waals surface area contributed by atoms with E-state index in [1.807, 2.05) is 0 Å². The van der Waals surface area contributed by atoms with Gasteiger partial charge in [-0.1, -0.05) is 35.8 Å². The molecule has 1 aromatic rings. The Hall–Kier alpha value is -0.580. The number of rotatable bonds is 5. The summed E-state index contributed by atoms with van der Waals surface area (Å²) in [6.07, 6.45) is 0. The molecule has 1 saturated heterocycles. The van der Waals surface area contributed by atoms with E-state index in [9.17, 15) is 0 Å². The number of anilines is 1. The second kappa shape index (κ2) is 7.61. The molecule has 0 radical (unpaired) electrons. The Morgan fingerprint density at radius 3 is 2.33 bits per heavy atom. The Balaban J connectivity index is 2.09. The summed E-state index contributed by atoms with van der Waals surface area (Å²) in [5, 5.41) is 3.54. The van der Waals surface area contributed by atoms with E-state index in [1.165, 1.54) is 11.3 Å². The van der Waals surface area contributed by atoms with Crippen molar-refractivity contribution in [2.24, 2.45) is 0 Å². The molecule has 4 heteroatoms. The van der Waals surface area contributed by atoms with Gasteiger partial charge in [0.05, 0.1) is 0 Å². The summed E-state index contributed by atoms with van der Waals surface area (Å²) < 4.78 is 1.16. The van der Waals surface area contributed by atoms with E-state index in [1.54, 1.807) is 0 Å². The molecule has 118 valence electrons. The minimum atomic E-state index is 0.513.